The quantitative estimate of drug-likeness (QED) is 0.472. The molecule has 1 heterocycles. The number of benzene rings is 1. The average Bonchev–Trinajstić information content (AvgIpc) is 2.62. The van der Waals surface area contributed by atoms with E-state index in [1.165, 1.54) is 6.07 Å². The van der Waals surface area contributed by atoms with Crippen molar-refractivity contribution in [1.29, 1.82) is 0 Å². The molecule has 0 bridgehead atoms. The van der Waals surface area contributed by atoms with E-state index in [9.17, 15) is 4.39 Å². The minimum absolute atomic E-state index is 0.0912. The molecule has 1 aromatic carbocycles. The van der Waals surface area contributed by atoms with Crippen LogP contribution < -0.4 is 0 Å². The smallest absolute Gasteiger partial charge is 0.142 e. The molecule has 2 N–H and O–H groups in total. The van der Waals surface area contributed by atoms with Crippen molar-refractivity contribution >= 4 is 28.2 Å². The molecule has 0 unspecified atom stereocenters. The van der Waals surface area contributed by atoms with Gasteiger partial charge in [-0.05, 0) is 24.6 Å². The van der Waals surface area contributed by atoms with Crippen LogP contribution in [0.5, 0.6) is 0 Å². The highest BCUT2D eigenvalue weighted by molar-refractivity contribution is 6.31. The summed E-state index contributed by atoms with van der Waals surface area (Å²) in [5.74, 6) is -0.450. The van der Waals surface area contributed by atoms with Crippen molar-refractivity contribution in [2.75, 3.05) is 0 Å². The van der Waals surface area contributed by atoms with Crippen molar-refractivity contribution in [3.63, 3.8) is 0 Å². The second kappa shape index (κ2) is 4.14. The molecule has 0 spiro atoms. The second-order valence-corrected chi connectivity index (χ2v) is 4.05. The van der Waals surface area contributed by atoms with Crippen molar-refractivity contribution in [2.24, 2.45) is 5.16 Å². The number of oxime groups is 1. The molecule has 2 rings (SSSR count). The number of aromatic amines is 1. The Morgan fingerprint density at radius 1 is 1.56 bits per heavy atom. The molecule has 2 aromatic rings. The Kier molecular flexibility index (Phi) is 2.83. The number of halogens is 2. The van der Waals surface area contributed by atoms with Gasteiger partial charge in [0.2, 0.25) is 0 Å². The molecule has 0 radical (unpaired) electrons. The Hall–Kier alpha value is -1.55. The maximum atomic E-state index is 13.3. The van der Waals surface area contributed by atoms with E-state index in [4.69, 9.17) is 16.8 Å². The molecule has 0 aliphatic heterocycles. The summed E-state index contributed by atoms with van der Waals surface area (Å²) < 4.78 is 13.3. The van der Waals surface area contributed by atoms with E-state index >= 15 is 0 Å². The van der Waals surface area contributed by atoms with Gasteiger partial charge in [-0.3, -0.25) is 0 Å². The molecule has 1 aromatic heterocycles. The predicted molar refractivity (Wildman–Crippen MR) is 61.9 cm³/mol. The van der Waals surface area contributed by atoms with Gasteiger partial charge in [0, 0.05) is 23.5 Å². The van der Waals surface area contributed by atoms with Crippen LogP contribution in [0.1, 0.15) is 12.5 Å². The first-order valence-corrected chi connectivity index (χ1v) is 5.12. The maximum absolute atomic E-state index is 13.3. The molecule has 5 heteroatoms. The summed E-state index contributed by atoms with van der Waals surface area (Å²) in [5.41, 5.74) is 2.21. The van der Waals surface area contributed by atoms with Gasteiger partial charge in [-0.1, -0.05) is 16.8 Å². The van der Waals surface area contributed by atoms with Crippen LogP contribution in [0.25, 0.3) is 10.9 Å². The molecule has 0 saturated heterocycles. The van der Waals surface area contributed by atoms with E-state index in [0.717, 1.165) is 16.5 Å². The van der Waals surface area contributed by atoms with Crippen molar-refractivity contribution in [3.05, 3.63) is 34.7 Å². The van der Waals surface area contributed by atoms with Crippen LogP contribution in [0.15, 0.2) is 23.5 Å². The fourth-order valence-corrected chi connectivity index (χ4v) is 1.80. The first kappa shape index (κ1) is 11.0. The number of nitrogens with zero attached hydrogens (tertiary/aromatic N) is 1. The Morgan fingerprint density at radius 3 is 3.00 bits per heavy atom. The van der Waals surface area contributed by atoms with E-state index in [2.05, 4.69) is 10.1 Å². The summed E-state index contributed by atoms with van der Waals surface area (Å²) in [5, 5.41) is 12.5. The average molecular weight is 241 g/mol. The van der Waals surface area contributed by atoms with E-state index in [0.29, 0.717) is 12.1 Å². The van der Waals surface area contributed by atoms with E-state index in [1.807, 2.05) is 0 Å². The highest BCUT2D eigenvalue weighted by Gasteiger charge is 2.09. The minimum atomic E-state index is -0.450. The third-order valence-corrected chi connectivity index (χ3v) is 2.71. The molecule has 0 aliphatic rings. The number of aromatic nitrogens is 1. The molecule has 16 heavy (non-hydrogen) atoms. The van der Waals surface area contributed by atoms with Gasteiger partial charge in [0.1, 0.15) is 5.82 Å². The molecule has 0 atom stereocenters. The predicted octanol–water partition coefficient (Wildman–Crippen LogP) is 3.35. The van der Waals surface area contributed by atoms with E-state index in [1.54, 1.807) is 19.2 Å². The van der Waals surface area contributed by atoms with Gasteiger partial charge in [0.15, 0.2) is 0 Å². The van der Waals surface area contributed by atoms with Crippen LogP contribution in [0.2, 0.25) is 5.02 Å². The zero-order valence-electron chi connectivity index (χ0n) is 8.59. The fourth-order valence-electron chi connectivity index (χ4n) is 1.63. The number of hydrogen-bond donors (Lipinski definition) is 2. The summed E-state index contributed by atoms with van der Waals surface area (Å²) in [6.07, 6.45) is 2.23. The second-order valence-electron chi connectivity index (χ2n) is 3.64. The van der Waals surface area contributed by atoms with Gasteiger partial charge >= 0.3 is 0 Å². The lowest BCUT2D eigenvalue weighted by Gasteiger charge is -1.99. The van der Waals surface area contributed by atoms with E-state index < -0.39 is 5.82 Å². The topological polar surface area (TPSA) is 48.4 Å². The highest BCUT2D eigenvalue weighted by atomic mass is 35.5. The number of rotatable bonds is 2. The van der Waals surface area contributed by atoms with Crippen molar-refractivity contribution in [3.8, 4) is 0 Å². The molecule has 3 nitrogen and oxygen atoms in total. The first-order valence-electron chi connectivity index (χ1n) is 4.74. The molecule has 0 amide bonds. The normalized spacial score (nSPS) is 12.3. The highest BCUT2D eigenvalue weighted by Crippen LogP contribution is 2.25. The molecular weight excluding hydrogens is 231 g/mol. The summed E-state index contributed by atoms with van der Waals surface area (Å²) in [6, 6.07) is 2.93. The SMILES string of the molecule is C/C(Cc1c[nH]c2cc(Cl)c(F)cc12)=N/O. The van der Waals surface area contributed by atoms with Crippen molar-refractivity contribution < 1.29 is 9.60 Å². The minimum Gasteiger partial charge on any atom is -0.411 e. The van der Waals surface area contributed by atoms with Gasteiger partial charge in [-0.2, -0.15) is 0 Å². The molecule has 84 valence electrons. The molecule has 0 saturated carbocycles. The zero-order chi connectivity index (χ0) is 11.7. The third-order valence-electron chi connectivity index (χ3n) is 2.43. The summed E-state index contributed by atoms with van der Waals surface area (Å²) in [6.45, 7) is 1.70. The van der Waals surface area contributed by atoms with Gasteiger partial charge in [0.25, 0.3) is 0 Å². The Morgan fingerprint density at radius 2 is 2.31 bits per heavy atom. The largest absolute Gasteiger partial charge is 0.411 e. The number of nitrogens with one attached hydrogen (secondary N) is 1. The first-order chi connectivity index (χ1) is 7.61. The Labute approximate surface area is 96.5 Å². The monoisotopic (exact) mass is 240 g/mol. The van der Waals surface area contributed by atoms with Crippen molar-refractivity contribution in [2.45, 2.75) is 13.3 Å². The molecule has 0 fully saturated rings. The lowest BCUT2D eigenvalue weighted by Crippen LogP contribution is -1.96. The van der Waals surface area contributed by atoms with E-state index in [-0.39, 0.29) is 5.02 Å². The van der Waals surface area contributed by atoms with Crippen molar-refractivity contribution in [1.82, 2.24) is 4.98 Å². The van der Waals surface area contributed by atoms with Crippen LogP contribution in [0.4, 0.5) is 4.39 Å². The van der Waals surface area contributed by atoms with Gasteiger partial charge < -0.3 is 10.2 Å². The number of H-pyrrole nitrogens is 1. The third kappa shape index (κ3) is 1.88. The lowest BCUT2D eigenvalue weighted by molar-refractivity contribution is 0.317. The standard InChI is InChI=1S/C11H10ClFN2O/c1-6(15-16)2-7-5-14-11-4-9(12)10(13)3-8(7)11/h3-5,14,16H,2H2,1H3/b15-6-. The van der Waals surface area contributed by atoms with Crippen LogP contribution in [-0.4, -0.2) is 15.9 Å². The van der Waals surface area contributed by atoms with Crippen LogP contribution in [-0.2, 0) is 6.42 Å². The van der Waals surface area contributed by atoms with Gasteiger partial charge in [-0.15, -0.1) is 0 Å². The van der Waals surface area contributed by atoms with Gasteiger partial charge in [-0.25, -0.2) is 4.39 Å². The van der Waals surface area contributed by atoms with Gasteiger partial charge in [0.05, 0.1) is 10.7 Å². The number of hydrogen-bond acceptors (Lipinski definition) is 2. The van der Waals surface area contributed by atoms with Crippen LogP contribution >= 0.6 is 11.6 Å². The molecular formula is C11H10ClFN2O. The Balaban J connectivity index is 2.52. The maximum Gasteiger partial charge on any atom is 0.142 e. The summed E-state index contributed by atoms with van der Waals surface area (Å²) >= 11 is 5.67. The number of fused-ring (bicyclic) bond motifs is 1. The molecule has 0 aliphatic carbocycles. The zero-order valence-corrected chi connectivity index (χ0v) is 9.35. The van der Waals surface area contributed by atoms with Crippen LogP contribution in [0.3, 0.4) is 0 Å². The lowest BCUT2D eigenvalue weighted by atomic mass is 10.1. The fraction of sp³-hybridized carbons (Fsp3) is 0.182. The van der Waals surface area contributed by atoms with Crippen LogP contribution in [0, 0.1) is 5.82 Å². The summed E-state index contributed by atoms with van der Waals surface area (Å²) in [4.78, 5) is 3.00. The summed E-state index contributed by atoms with van der Waals surface area (Å²) in [7, 11) is 0. The Bertz CT molecular complexity index is 562.